The van der Waals surface area contributed by atoms with Crippen LogP contribution in [0, 0.1) is 11.3 Å². The summed E-state index contributed by atoms with van der Waals surface area (Å²) in [6, 6.07) is 11.3. The number of hydrogen-bond acceptors (Lipinski definition) is 8. The molecule has 0 spiro atoms. The molecular formula is C25H22Cl2N4O5. The average molecular weight is 529 g/mol. The molecule has 0 N–H and O–H groups in total. The van der Waals surface area contributed by atoms with Crippen LogP contribution in [0.5, 0.6) is 17.5 Å². The monoisotopic (exact) mass is 528 g/mol. The Balaban J connectivity index is 1.52. The van der Waals surface area contributed by atoms with E-state index in [2.05, 4.69) is 14.5 Å². The summed E-state index contributed by atoms with van der Waals surface area (Å²) < 4.78 is 18.2. The van der Waals surface area contributed by atoms with Gasteiger partial charge < -0.3 is 14.2 Å². The molecule has 11 heteroatoms. The zero-order valence-electron chi connectivity index (χ0n) is 19.6. The van der Waals surface area contributed by atoms with Crippen LogP contribution in [0.25, 0.3) is 11.0 Å². The number of carbonyl (C=O) groups is 2. The van der Waals surface area contributed by atoms with Gasteiger partial charge in [0.15, 0.2) is 11.5 Å². The molecule has 0 saturated heterocycles. The molecule has 1 heterocycles. The zero-order chi connectivity index (χ0) is 25.8. The van der Waals surface area contributed by atoms with E-state index in [-0.39, 0.29) is 34.7 Å². The third-order valence-corrected chi connectivity index (χ3v) is 5.96. The number of Topliss-reactive ketones (excluding diaryl/α,β-unsaturated/α-hetero) is 1. The highest BCUT2D eigenvalue weighted by Gasteiger charge is 2.29. The van der Waals surface area contributed by atoms with Gasteiger partial charge in [0.1, 0.15) is 18.2 Å². The molecule has 1 saturated carbocycles. The van der Waals surface area contributed by atoms with Crippen LogP contribution in [0.4, 0.5) is 0 Å². The summed E-state index contributed by atoms with van der Waals surface area (Å²) in [6.07, 6.45) is 1.58. The molecule has 2 aromatic carbocycles. The number of methoxy groups -OCH3 is 1. The minimum Gasteiger partial charge on any atom is -0.468 e. The van der Waals surface area contributed by atoms with Crippen LogP contribution in [0.1, 0.15) is 37.8 Å². The molecule has 1 aromatic heterocycles. The van der Waals surface area contributed by atoms with E-state index in [0.717, 1.165) is 23.9 Å². The number of carbonyl (C=O) groups excluding carboxylic acids is 2. The number of fused-ring (bicyclic) bond motifs is 1. The van der Waals surface area contributed by atoms with Gasteiger partial charge in [0, 0.05) is 12.1 Å². The summed E-state index contributed by atoms with van der Waals surface area (Å²) in [4.78, 5) is 32.1. The van der Waals surface area contributed by atoms with Crippen molar-refractivity contribution in [2.24, 2.45) is 4.99 Å². The fraction of sp³-hybridized carbons (Fsp3) is 0.320. The average Bonchev–Trinajstić information content (AvgIpc) is 3.61. The second kappa shape index (κ2) is 11.0. The van der Waals surface area contributed by atoms with E-state index in [1.165, 1.54) is 0 Å². The number of ketones is 1. The van der Waals surface area contributed by atoms with Gasteiger partial charge in [0.25, 0.3) is 6.01 Å². The lowest BCUT2D eigenvalue weighted by atomic mass is 10.2. The number of hydrogen-bond donors (Lipinski definition) is 0. The first-order chi connectivity index (χ1) is 17.3. The number of esters is 1. The minimum atomic E-state index is -0.717. The quantitative estimate of drug-likeness (QED) is 0.194. The Bertz CT molecular complexity index is 1380. The summed E-state index contributed by atoms with van der Waals surface area (Å²) in [5, 5.41) is 9.71. The van der Waals surface area contributed by atoms with Gasteiger partial charge in [0.05, 0.1) is 41.3 Å². The molecule has 3 aromatic rings. The molecule has 0 aliphatic heterocycles. The minimum absolute atomic E-state index is 0.0382. The van der Waals surface area contributed by atoms with Crippen molar-refractivity contribution in [1.29, 1.82) is 5.26 Å². The second-order valence-corrected chi connectivity index (χ2v) is 8.84. The zero-order valence-corrected chi connectivity index (χ0v) is 21.1. The summed E-state index contributed by atoms with van der Waals surface area (Å²) in [5.74, 6) is -0.646. The van der Waals surface area contributed by atoms with Gasteiger partial charge in [-0.15, -0.1) is 0 Å². The van der Waals surface area contributed by atoms with Crippen molar-refractivity contribution in [3.63, 3.8) is 0 Å². The van der Waals surface area contributed by atoms with Crippen LogP contribution >= 0.6 is 23.2 Å². The third-order valence-electron chi connectivity index (χ3n) is 5.40. The molecule has 0 unspecified atom stereocenters. The van der Waals surface area contributed by atoms with Crippen LogP contribution in [0.3, 0.4) is 0 Å². The number of aliphatic imine (C=N–C) groups is 1. The maximum absolute atomic E-state index is 12.1. The largest absolute Gasteiger partial charge is 0.468 e. The fourth-order valence-corrected chi connectivity index (χ4v) is 4.26. The second-order valence-electron chi connectivity index (χ2n) is 8.02. The Labute approximate surface area is 217 Å². The molecule has 9 nitrogen and oxygen atoms in total. The molecule has 1 aliphatic rings. The van der Waals surface area contributed by atoms with E-state index < -0.39 is 18.2 Å². The maximum Gasteiger partial charge on any atom is 0.313 e. The van der Waals surface area contributed by atoms with Gasteiger partial charge in [0.2, 0.25) is 5.78 Å². The van der Waals surface area contributed by atoms with Gasteiger partial charge in [-0.05, 0) is 49.6 Å². The summed E-state index contributed by atoms with van der Waals surface area (Å²) >= 11 is 12.9. The Hall–Kier alpha value is -3.61. The number of nitrogens with zero attached hydrogens (tertiary/aromatic N) is 4. The Morgan fingerprint density at radius 3 is 2.56 bits per heavy atom. The van der Waals surface area contributed by atoms with Crippen molar-refractivity contribution in [3.05, 3.63) is 45.9 Å². The molecule has 0 atom stereocenters. The van der Waals surface area contributed by atoms with Crippen molar-refractivity contribution >= 4 is 51.7 Å². The van der Waals surface area contributed by atoms with Crippen molar-refractivity contribution in [2.45, 2.75) is 38.8 Å². The number of aromatic nitrogens is 2. The van der Waals surface area contributed by atoms with Crippen molar-refractivity contribution < 1.29 is 23.8 Å². The fourth-order valence-electron chi connectivity index (χ4n) is 3.65. The molecule has 0 radical (unpaired) electrons. The van der Waals surface area contributed by atoms with Gasteiger partial charge in [-0.3, -0.25) is 19.1 Å². The molecule has 1 fully saturated rings. The lowest BCUT2D eigenvalue weighted by molar-refractivity contribution is -0.144. The normalized spacial score (nSPS) is 13.4. The predicted octanol–water partition coefficient (Wildman–Crippen LogP) is 5.47. The number of halogens is 2. The first-order valence-electron chi connectivity index (χ1n) is 11.2. The van der Waals surface area contributed by atoms with Crippen molar-refractivity contribution in [2.75, 3.05) is 13.7 Å². The molecule has 186 valence electrons. The van der Waals surface area contributed by atoms with Crippen molar-refractivity contribution in [3.8, 4) is 23.6 Å². The van der Waals surface area contributed by atoms with Gasteiger partial charge >= 0.3 is 5.97 Å². The van der Waals surface area contributed by atoms with Gasteiger partial charge in [-0.25, -0.2) is 0 Å². The first-order valence-corrected chi connectivity index (χ1v) is 11.9. The van der Waals surface area contributed by atoms with Crippen molar-refractivity contribution in [1.82, 2.24) is 9.55 Å². The molecular weight excluding hydrogens is 507 g/mol. The van der Waals surface area contributed by atoms with Crippen LogP contribution in [0.15, 0.2) is 35.3 Å². The lowest BCUT2D eigenvalue weighted by Crippen LogP contribution is -2.18. The highest BCUT2D eigenvalue weighted by atomic mass is 35.5. The van der Waals surface area contributed by atoms with Gasteiger partial charge in [-0.2, -0.15) is 10.2 Å². The molecule has 0 amide bonds. The smallest absolute Gasteiger partial charge is 0.313 e. The third kappa shape index (κ3) is 5.61. The molecule has 36 heavy (non-hydrogen) atoms. The van der Waals surface area contributed by atoms with E-state index in [9.17, 15) is 14.9 Å². The van der Waals surface area contributed by atoms with E-state index in [0.29, 0.717) is 23.4 Å². The number of ether oxygens (including phenoxy) is 3. The number of nitriles is 1. The number of benzene rings is 2. The summed E-state index contributed by atoms with van der Waals surface area (Å²) in [5.41, 5.74) is 1.86. The standard InChI is InChI=1S/C25H22Cl2N4O5/c1-3-35-23(33)11-22(32)20(12-28)29-13-14-8-17(26)24(18(27)9-14)36-16-6-7-19-21(10-16)31(15-4-5-15)25(30-19)34-2/h6-10,15H,3-5,11,13H2,1-2H3. The highest BCUT2D eigenvalue weighted by Crippen LogP contribution is 2.43. The molecule has 0 bridgehead atoms. The number of rotatable bonds is 10. The summed E-state index contributed by atoms with van der Waals surface area (Å²) in [7, 11) is 1.60. The van der Waals surface area contributed by atoms with E-state index in [4.69, 9.17) is 37.4 Å². The summed E-state index contributed by atoms with van der Waals surface area (Å²) in [6.45, 7) is 1.73. The lowest BCUT2D eigenvalue weighted by Gasteiger charge is -2.12. The molecule has 4 rings (SSSR count). The predicted molar refractivity (Wildman–Crippen MR) is 134 cm³/mol. The van der Waals surface area contributed by atoms with Crippen LogP contribution in [-0.2, 0) is 20.9 Å². The Kier molecular flexibility index (Phi) is 7.77. The van der Waals surface area contributed by atoms with E-state index in [1.54, 1.807) is 38.3 Å². The Morgan fingerprint density at radius 2 is 1.94 bits per heavy atom. The van der Waals surface area contributed by atoms with Crippen LogP contribution in [-0.4, -0.2) is 40.7 Å². The SMILES string of the molecule is CCOC(=O)CC(=O)C(C#N)=NCc1cc(Cl)c(Oc2ccc3nc(OC)n(C4CC4)c3c2)c(Cl)c1. The van der Waals surface area contributed by atoms with Crippen LogP contribution < -0.4 is 9.47 Å². The topological polar surface area (TPSA) is 116 Å². The highest BCUT2D eigenvalue weighted by molar-refractivity contribution is 6.48. The van der Waals surface area contributed by atoms with E-state index >= 15 is 0 Å². The maximum atomic E-state index is 12.1. The number of imidazole rings is 1. The first kappa shape index (κ1) is 25.5. The Morgan fingerprint density at radius 1 is 1.22 bits per heavy atom. The van der Waals surface area contributed by atoms with Crippen LogP contribution in [0.2, 0.25) is 10.0 Å². The van der Waals surface area contributed by atoms with E-state index in [1.807, 2.05) is 12.1 Å². The molecule has 1 aliphatic carbocycles. The van der Waals surface area contributed by atoms with Gasteiger partial charge in [-0.1, -0.05) is 23.2 Å².